The van der Waals surface area contributed by atoms with Crippen LogP contribution in [0.5, 0.6) is 5.75 Å². The van der Waals surface area contributed by atoms with Gasteiger partial charge in [-0.05, 0) is 23.3 Å². The molecule has 3 rings (SSSR count). The molecule has 0 saturated carbocycles. The Bertz CT molecular complexity index is 811. The molecule has 0 spiro atoms. The summed E-state index contributed by atoms with van der Waals surface area (Å²) >= 11 is 1.41. The zero-order chi connectivity index (χ0) is 16.1. The quantitative estimate of drug-likeness (QED) is 0.552. The molecule has 0 aliphatic carbocycles. The molecule has 0 unspecified atom stereocenters. The summed E-state index contributed by atoms with van der Waals surface area (Å²) in [7, 11) is 1.66. The second-order valence-electron chi connectivity index (χ2n) is 4.76. The van der Waals surface area contributed by atoms with Crippen molar-refractivity contribution in [2.75, 3.05) is 18.3 Å². The summed E-state index contributed by atoms with van der Waals surface area (Å²) in [5.41, 5.74) is 11.7. The molecule has 5 nitrogen and oxygen atoms in total. The number of hydrazone groups is 1. The molecule has 3 N–H and O–H groups in total. The van der Waals surface area contributed by atoms with Crippen molar-refractivity contribution in [3.05, 3.63) is 59.5 Å². The van der Waals surface area contributed by atoms with E-state index in [2.05, 4.69) is 21.6 Å². The highest BCUT2D eigenvalue weighted by molar-refractivity contribution is 7.14. The van der Waals surface area contributed by atoms with Gasteiger partial charge in [0.2, 0.25) is 5.13 Å². The molecule has 1 aromatic heterocycles. The number of hydrogen-bond acceptors (Lipinski definition) is 6. The van der Waals surface area contributed by atoms with Crippen molar-refractivity contribution in [3.8, 4) is 16.9 Å². The summed E-state index contributed by atoms with van der Waals surface area (Å²) in [6.45, 7) is 0. The number of ether oxygens (including phenoxy) is 1. The lowest BCUT2D eigenvalue weighted by Gasteiger charge is -2.07. The summed E-state index contributed by atoms with van der Waals surface area (Å²) in [6.07, 6.45) is 1.77. The Kier molecular flexibility index (Phi) is 4.54. The second-order valence-corrected chi connectivity index (χ2v) is 5.62. The maximum atomic E-state index is 5.58. The Hall–Kier alpha value is -2.86. The third-order valence-electron chi connectivity index (χ3n) is 3.25. The van der Waals surface area contributed by atoms with Crippen molar-refractivity contribution < 1.29 is 4.74 Å². The minimum atomic E-state index is 0.492. The molecule has 23 heavy (non-hydrogen) atoms. The fourth-order valence-corrected chi connectivity index (χ4v) is 2.69. The summed E-state index contributed by atoms with van der Waals surface area (Å²) in [5.74, 6) is 1.33. The van der Waals surface area contributed by atoms with Crippen LogP contribution in [0, 0.1) is 0 Å². The molecule has 3 aromatic rings. The molecule has 0 radical (unpaired) electrons. The van der Waals surface area contributed by atoms with Gasteiger partial charge in [0.05, 0.1) is 13.3 Å². The van der Waals surface area contributed by atoms with E-state index in [0.29, 0.717) is 10.9 Å². The van der Waals surface area contributed by atoms with Crippen molar-refractivity contribution in [1.29, 1.82) is 0 Å². The van der Waals surface area contributed by atoms with Crippen LogP contribution in [0.3, 0.4) is 0 Å². The molecular weight excluding hydrogens is 308 g/mol. The van der Waals surface area contributed by atoms with E-state index in [1.807, 2.05) is 42.5 Å². The van der Waals surface area contributed by atoms with Crippen molar-refractivity contribution in [1.82, 2.24) is 4.98 Å². The third-order valence-corrected chi connectivity index (χ3v) is 4.01. The number of nitrogens with one attached hydrogen (secondary N) is 1. The van der Waals surface area contributed by atoms with E-state index in [0.717, 1.165) is 22.4 Å². The highest BCUT2D eigenvalue weighted by Gasteiger charge is 2.03. The first-order valence-electron chi connectivity index (χ1n) is 7.00. The SMILES string of the molecule is COc1ccc(-c2ccccc2C=NNc2nc(N)cs2)cc1. The van der Waals surface area contributed by atoms with Crippen LogP contribution in [0.4, 0.5) is 10.9 Å². The average molecular weight is 324 g/mol. The molecular formula is C17H16N4OS. The van der Waals surface area contributed by atoms with Gasteiger partial charge in [-0.2, -0.15) is 5.10 Å². The van der Waals surface area contributed by atoms with Crippen LogP contribution in [-0.4, -0.2) is 18.3 Å². The number of rotatable bonds is 5. The van der Waals surface area contributed by atoms with E-state index >= 15 is 0 Å². The number of anilines is 2. The highest BCUT2D eigenvalue weighted by atomic mass is 32.1. The lowest BCUT2D eigenvalue weighted by atomic mass is 10.0. The van der Waals surface area contributed by atoms with Crippen LogP contribution < -0.4 is 15.9 Å². The first kappa shape index (κ1) is 15.1. The minimum absolute atomic E-state index is 0.492. The number of nitrogens with two attached hydrogens (primary N) is 1. The van der Waals surface area contributed by atoms with Gasteiger partial charge in [-0.1, -0.05) is 36.4 Å². The number of aromatic nitrogens is 1. The summed E-state index contributed by atoms with van der Waals surface area (Å²) < 4.78 is 5.20. The maximum absolute atomic E-state index is 5.58. The predicted octanol–water partition coefficient (Wildman–Crippen LogP) is 3.85. The Labute approximate surface area is 138 Å². The lowest BCUT2D eigenvalue weighted by Crippen LogP contribution is -1.93. The van der Waals surface area contributed by atoms with Gasteiger partial charge in [-0.15, -0.1) is 11.3 Å². The smallest absolute Gasteiger partial charge is 0.205 e. The summed E-state index contributed by atoms with van der Waals surface area (Å²) in [4.78, 5) is 4.10. The first-order chi connectivity index (χ1) is 11.3. The van der Waals surface area contributed by atoms with Gasteiger partial charge in [0.1, 0.15) is 11.6 Å². The minimum Gasteiger partial charge on any atom is -0.497 e. The molecule has 0 amide bonds. The number of nitrogens with zero attached hydrogens (tertiary/aromatic N) is 2. The van der Waals surface area contributed by atoms with Crippen LogP contribution in [0.25, 0.3) is 11.1 Å². The molecule has 0 aliphatic heterocycles. The fraction of sp³-hybridized carbons (Fsp3) is 0.0588. The first-order valence-corrected chi connectivity index (χ1v) is 7.88. The van der Waals surface area contributed by atoms with Crippen LogP contribution in [0.15, 0.2) is 59.0 Å². The number of hydrogen-bond donors (Lipinski definition) is 2. The van der Waals surface area contributed by atoms with E-state index in [1.54, 1.807) is 18.7 Å². The average Bonchev–Trinajstić information content (AvgIpc) is 3.01. The van der Waals surface area contributed by atoms with Gasteiger partial charge in [0.15, 0.2) is 0 Å². The van der Waals surface area contributed by atoms with Crippen LogP contribution in [0.1, 0.15) is 5.56 Å². The van der Waals surface area contributed by atoms with E-state index in [1.165, 1.54) is 11.3 Å². The molecule has 0 saturated heterocycles. The molecule has 0 aliphatic rings. The molecule has 1 heterocycles. The monoisotopic (exact) mass is 324 g/mol. The predicted molar refractivity (Wildman–Crippen MR) is 96.2 cm³/mol. The Morgan fingerprint density at radius 1 is 1.17 bits per heavy atom. The summed E-state index contributed by atoms with van der Waals surface area (Å²) in [6, 6.07) is 16.0. The number of thiazole rings is 1. The zero-order valence-electron chi connectivity index (χ0n) is 12.6. The van der Waals surface area contributed by atoms with E-state index in [4.69, 9.17) is 10.5 Å². The second kappa shape index (κ2) is 6.93. The number of benzene rings is 2. The Morgan fingerprint density at radius 3 is 2.65 bits per heavy atom. The zero-order valence-corrected chi connectivity index (χ0v) is 13.4. The van der Waals surface area contributed by atoms with Crippen LogP contribution >= 0.6 is 11.3 Å². The fourth-order valence-electron chi connectivity index (χ4n) is 2.14. The third kappa shape index (κ3) is 3.67. The van der Waals surface area contributed by atoms with Gasteiger partial charge in [0, 0.05) is 10.9 Å². The van der Waals surface area contributed by atoms with Crippen molar-refractivity contribution in [2.45, 2.75) is 0 Å². The largest absolute Gasteiger partial charge is 0.497 e. The van der Waals surface area contributed by atoms with E-state index in [9.17, 15) is 0 Å². The molecule has 2 aromatic carbocycles. The van der Waals surface area contributed by atoms with Gasteiger partial charge in [-0.3, -0.25) is 5.43 Å². The van der Waals surface area contributed by atoms with Crippen molar-refractivity contribution >= 4 is 28.5 Å². The topological polar surface area (TPSA) is 72.5 Å². The molecule has 0 fully saturated rings. The highest BCUT2D eigenvalue weighted by Crippen LogP contribution is 2.25. The lowest BCUT2D eigenvalue weighted by molar-refractivity contribution is 0.415. The number of methoxy groups -OCH3 is 1. The Morgan fingerprint density at radius 2 is 1.96 bits per heavy atom. The van der Waals surface area contributed by atoms with Crippen molar-refractivity contribution in [3.63, 3.8) is 0 Å². The van der Waals surface area contributed by atoms with Crippen LogP contribution in [0.2, 0.25) is 0 Å². The van der Waals surface area contributed by atoms with Crippen molar-refractivity contribution in [2.24, 2.45) is 5.10 Å². The van der Waals surface area contributed by atoms with Gasteiger partial charge < -0.3 is 10.5 Å². The van der Waals surface area contributed by atoms with Gasteiger partial charge in [-0.25, -0.2) is 4.98 Å². The molecule has 6 heteroatoms. The van der Waals surface area contributed by atoms with Gasteiger partial charge in [0.25, 0.3) is 0 Å². The molecule has 116 valence electrons. The normalized spacial score (nSPS) is 10.8. The van der Waals surface area contributed by atoms with E-state index < -0.39 is 0 Å². The maximum Gasteiger partial charge on any atom is 0.205 e. The Balaban J connectivity index is 1.82. The standard InChI is InChI=1S/C17H16N4OS/c1-22-14-8-6-12(7-9-14)15-5-3-2-4-13(15)10-19-21-17-20-16(18)11-23-17/h2-11H,18H2,1H3,(H,20,21). The van der Waals surface area contributed by atoms with Crippen LogP contribution in [-0.2, 0) is 0 Å². The molecule has 0 atom stereocenters. The van der Waals surface area contributed by atoms with E-state index in [-0.39, 0.29) is 0 Å². The molecule has 0 bridgehead atoms. The summed E-state index contributed by atoms with van der Waals surface area (Å²) in [5, 5.41) is 6.67. The number of nitrogen functional groups attached to an aromatic ring is 1. The van der Waals surface area contributed by atoms with Gasteiger partial charge >= 0.3 is 0 Å².